The predicted molar refractivity (Wildman–Crippen MR) is 123 cm³/mol. The maximum Gasteiger partial charge on any atom is 0.233 e. The van der Waals surface area contributed by atoms with Crippen molar-refractivity contribution in [2.75, 3.05) is 18.6 Å². The van der Waals surface area contributed by atoms with E-state index >= 15 is 0 Å². The van der Waals surface area contributed by atoms with Crippen LogP contribution in [0.25, 0.3) is 0 Å². The van der Waals surface area contributed by atoms with Gasteiger partial charge >= 0.3 is 0 Å². The zero-order valence-electron chi connectivity index (χ0n) is 17.3. The quantitative estimate of drug-likeness (QED) is 0.388. The zero-order chi connectivity index (χ0) is 22.2. The lowest BCUT2D eigenvalue weighted by molar-refractivity contribution is -0.131. The monoisotopic (exact) mass is 453 g/mol. The van der Waals surface area contributed by atoms with Gasteiger partial charge in [-0.1, -0.05) is 30.0 Å². The van der Waals surface area contributed by atoms with Crippen LogP contribution in [0.1, 0.15) is 22.9 Å². The van der Waals surface area contributed by atoms with Crippen molar-refractivity contribution in [3.63, 3.8) is 0 Å². The summed E-state index contributed by atoms with van der Waals surface area (Å²) in [7, 11) is 1.63. The van der Waals surface area contributed by atoms with Gasteiger partial charge in [-0.05, 0) is 36.1 Å². The van der Waals surface area contributed by atoms with Gasteiger partial charge in [-0.25, -0.2) is 9.97 Å². The highest BCUT2D eigenvalue weighted by Gasteiger charge is 2.22. The number of carbonyl (C=O) groups is 1. The maximum atomic E-state index is 13.2. The van der Waals surface area contributed by atoms with Crippen LogP contribution in [0.15, 0.2) is 53.1 Å². The minimum Gasteiger partial charge on any atom is -0.497 e. The molecular weight excluding hydrogens is 430 g/mol. The molecule has 0 aliphatic carbocycles. The van der Waals surface area contributed by atoms with E-state index in [9.17, 15) is 4.79 Å². The number of nitrogens with two attached hydrogens (primary N) is 1. The van der Waals surface area contributed by atoms with E-state index in [-0.39, 0.29) is 29.1 Å². The number of hydrogen-bond acceptors (Lipinski definition) is 8. The molecule has 2 aromatic heterocycles. The summed E-state index contributed by atoms with van der Waals surface area (Å²) in [4.78, 5) is 24.5. The standard InChI is InChI=1S/C22H23N5O2S2/c1-15(10-19-4-3-9-30-19)27(13-16-5-7-18(29-2)8-6-16)20(28)14-31-22-25-12-17(11-23)21(24)26-22/h3-9,12,15H,10,13-14H2,1-2H3,(H2,24,25,26). The molecule has 9 heteroatoms. The number of anilines is 1. The second kappa shape index (κ2) is 10.8. The van der Waals surface area contributed by atoms with E-state index in [1.54, 1.807) is 18.4 Å². The van der Waals surface area contributed by atoms with Crippen LogP contribution < -0.4 is 10.5 Å². The predicted octanol–water partition coefficient (Wildman–Crippen LogP) is 3.75. The number of nitriles is 1. The number of nitrogens with zero attached hydrogens (tertiary/aromatic N) is 4. The minimum absolute atomic E-state index is 0.0146. The summed E-state index contributed by atoms with van der Waals surface area (Å²) >= 11 is 2.90. The fourth-order valence-corrected chi connectivity index (χ4v) is 4.53. The Kier molecular flexibility index (Phi) is 7.87. The SMILES string of the molecule is COc1ccc(CN(C(=O)CSc2ncc(C#N)c(N)n2)C(C)Cc2cccs2)cc1. The van der Waals surface area contributed by atoms with Crippen molar-refractivity contribution < 1.29 is 9.53 Å². The smallest absolute Gasteiger partial charge is 0.233 e. The molecule has 0 fully saturated rings. The molecule has 0 bridgehead atoms. The number of benzene rings is 1. The molecule has 2 heterocycles. The van der Waals surface area contributed by atoms with Crippen LogP contribution in [0.5, 0.6) is 5.75 Å². The molecule has 1 aromatic carbocycles. The molecule has 0 aliphatic rings. The molecule has 0 spiro atoms. The number of amides is 1. The zero-order valence-corrected chi connectivity index (χ0v) is 18.9. The van der Waals surface area contributed by atoms with Crippen LogP contribution in [0.3, 0.4) is 0 Å². The van der Waals surface area contributed by atoms with Gasteiger partial charge in [0.2, 0.25) is 5.91 Å². The molecule has 0 aliphatic heterocycles. The Morgan fingerprint density at radius 1 is 1.35 bits per heavy atom. The Balaban J connectivity index is 1.72. The highest BCUT2D eigenvalue weighted by molar-refractivity contribution is 7.99. The fraction of sp³-hybridized carbons (Fsp3) is 0.273. The van der Waals surface area contributed by atoms with Gasteiger partial charge in [0.05, 0.1) is 19.1 Å². The van der Waals surface area contributed by atoms with Crippen LogP contribution in [-0.2, 0) is 17.8 Å². The van der Waals surface area contributed by atoms with Crippen molar-refractivity contribution in [3.8, 4) is 11.8 Å². The number of rotatable bonds is 9. The summed E-state index contributed by atoms with van der Waals surface area (Å²) in [6.07, 6.45) is 2.16. The maximum absolute atomic E-state index is 13.2. The summed E-state index contributed by atoms with van der Waals surface area (Å²) < 4.78 is 5.23. The first-order valence-corrected chi connectivity index (χ1v) is 11.5. The summed E-state index contributed by atoms with van der Waals surface area (Å²) in [5, 5.41) is 11.4. The summed E-state index contributed by atoms with van der Waals surface area (Å²) in [6, 6.07) is 13.8. The van der Waals surface area contributed by atoms with Crippen LogP contribution in [0, 0.1) is 11.3 Å². The lowest BCUT2D eigenvalue weighted by Gasteiger charge is -2.29. The minimum atomic E-state index is -0.0172. The van der Waals surface area contributed by atoms with E-state index in [4.69, 9.17) is 15.7 Å². The molecule has 1 unspecified atom stereocenters. The van der Waals surface area contributed by atoms with Gasteiger partial charge in [0.1, 0.15) is 23.2 Å². The Morgan fingerprint density at radius 3 is 2.74 bits per heavy atom. The Hall–Kier alpha value is -3.09. The first kappa shape index (κ1) is 22.6. The second-order valence-electron chi connectivity index (χ2n) is 6.85. The molecule has 31 heavy (non-hydrogen) atoms. The molecule has 1 amide bonds. The van der Waals surface area contributed by atoms with Gasteiger partial charge in [-0.2, -0.15) is 5.26 Å². The van der Waals surface area contributed by atoms with E-state index in [0.717, 1.165) is 17.7 Å². The number of ether oxygens (including phenoxy) is 1. The Labute approximate surface area is 189 Å². The third-order valence-corrected chi connectivity index (χ3v) is 6.43. The lowest BCUT2D eigenvalue weighted by atomic mass is 10.1. The third-order valence-electron chi connectivity index (χ3n) is 4.68. The van der Waals surface area contributed by atoms with Crippen molar-refractivity contribution in [2.24, 2.45) is 0 Å². The largest absolute Gasteiger partial charge is 0.497 e. The Morgan fingerprint density at radius 2 is 2.13 bits per heavy atom. The van der Waals surface area contributed by atoms with Crippen molar-refractivity contribution in [1.82, 2.24) is 14.9 Å². The van der Waals surface area contributed by atoms with Crippen LogP contribution >= 0.6 is 23.1 Å². The number of carbonyl (C=O) groups excluding carboxylic acids is 1. The van der Waals surface area contributed by atoms with Gasteiger partial charge in [-0.3, -0.25) is 4.79 Å². The fourth-order valence-electron chi connectivity index (χ4n) is 2.99. The Bertz CT molecular complexity index is 1050. The molecule has 3 rings (SSSR count). The van der Waals surface area contributed by atoms with E-state index in [1.807, 2.05) is 46.7 Å². The average Bonchev–Trinajstić information content (AvgIpc) is 3.29. The molecule has 160 valence electrons. The molecule has 1 atom stereocenters. The van der Waals surface area contributed by atoms with Gasteiger partial charge in [-0.15, -0.1) is 11.3 Å². The van der Waals surface area contributed by atoms with E-state index in [1.165, 1.54) is 22.8 Å². The van der Waals surface area contributed by atoms with Gasteiger partial charge < -0.3 is 15.4 Å². The first-order valence-electron chi connectivity index (χ1n) is 9.60. The molecule has 0 radical (unpaired) electrons. The molecule has 2 N–H and O–H groups in total. The van der Waals surface area contributed by atoms with Crippen LogP contribution in [0.2, 0.25) is 0 Å². The van der Waals surface area contributed by atoms with Crippen molar-refractivity contribution in [3.05, 3.63) is 64.0 Å². The topological polar surface area (TPSA) is 105 Å². The molecular formula is C22H23N5O2S2. The van der Waals surface area contributed by atoms with Crippen molar-refractivity contribution >= 4 is 34.8 Å². The number of thiophene rings is 1. The number of thioether (sulfide) groups is 1. The average molecular weight is 454 g/mol. The van der Waals surface area contributed by atoms with Gasteiger partial charge in [0.15, 0.2) is 5.16 Å². The summed E-state index contributed by atoms with van der Waals surface area (Å²) in [6.45, 7) is 2.55. The summed E-state index contributed by atoms with van der Waals surface area (Å²) in [5.41, 5.74) is 7.00. The third kappa shape index (κ3) is 6.20. The van der Waals surface area contributed by atoms with Gasteiger partial charge in [0.25, 0.3) is 0 Å². The normalized spacial score (nSPS) is 11.5. The molecule has 7 nitrogen and oxygen atoms in total. The number of aromatic nitrogens is 2. The molecule has 3 aromatic rings. The van der Waals surface area contributed by atoms with E-state index in [0.29, 0.717) is 11.7 Å². The second-order valence-corrected chi connectivity index (χ2v) is 8.83. The van der Waals surface area contributed by atoms with Gasteiger partial charge in [0, 0.05) is 23.9 Å². The molecule has 0 saturated carbocycles. The first-order chi connectivity index (χ1) is 15.0. The van der Waals surface area contributed by atoms with E-state index in [2.05, 4.69) is 23.0 Å². The van der Waals surface area contributed by atoms with Crippen molar-refractivity contribution in [1.29, 1.82) is 5.26 Å². The number of methoxy groups -OCH3 is 1. The van der Waals surface area contributed by atoms with Crippen molar-refractivity contribution in [2.45, 2.75) is 31.1 Å². The number of nitrogen functional groups attached to an aromatic ring is 1. The lowest BCUT2D eigenvalue weighted by Crippen LogP contribution is -2.40. The van der Waals surface area contributed by atoms with Crippen LogP contribution in [0.4, 0.5) is 5.82 Å². The highest BCUT2D eigenvalue weighted by Crippen LogP contribution is 2.21. The number of hydrogen-bond donors (Lipinski definition) is 1. The highest BCUT2D eigenvalue weighted by atomic mass is 32.2. The molecule has 0 saturated heterocycles. The summed E-state index contributed by atoms with van der Waals surface area (Å²) in [5.74, 6) is 1.06. The van der Waals surface area contributed by atoms with Crippen LogP contribution in [-0.4, -0.2) is 39.7 Å². The van der Waals surface area contributed by atoms with E-state index < -0.39 is 0 Å².